The van der Waals surface area contributed by atoms with Gasteiger partial charge in [0.2, 0.25) is 35.4 Å². The Morgan fingerprint density at radius 3 is 1.02 bits per heavy atom. The van der Waals surface area contributed by atoms with E-state index in [9.17, 15) is 50.4 Å². The van der Waals surface area contributed by atoms with E-state index in [0.29, 0.717) is 25.1 Å². The molecule has 1 atom stereocenters. The van der Waals surface area contributed by atoms with Crippen molar-refractivity contribution in [3.05, 3.63) is 343 Å². The van der Waals surface area contributed by atoms with E-state index in [2.05, 4.69) is 180 Å². The first-order valence-corrected chi connectivity index (χ1v) is 43.4. The second kappa shape index (κ2) is 40.2. The van der Waals surface area contributed by atoms with Crippen molar-refractivity contribution in [2.45, 2.75) is 105 Å². The third-order valence-corrected chi connectivity index (χ3v) is 22.1. The summed E-state index contributed by atoms with van der Waals surface area (Å²) in [5, 5.41) is 33.8. The van der Waals surface area contributed by atoms with Crippen molar-refractivity contribution < 1.29 is 55.1 Å². The van der Waals surface area contributed by atoms with Crippen LogP contribution in [0.4, 0.5) is 41.6 Å². The standard InChI is InChI=1S/C21H20N4O.C21H21N3O2.C20H18N4O.C19H17F3N2O2.C19H20N2O3S/c1-15(26)22-19-7-8-21-18(13-19)9-12-25(21)14-16-3-5-17(6-4-16)20-10-11-24(2)23-20;1-14(25)22-18-6-8-20-17(12-18)10-11-24(20)13-15-2-4-16(5-3-15)19-7-9-21(26)23-19;1-14(25)22-18-6-7-20-17(12-18)9-11-24(20)13-15-2-4-16(5-3-15)19-8-10-21-23-19;1-13(25)23-17-6-7-18-16(10-17)8-9-24(18)11-14-2-4-15(5-3-14)12-26-19(20,21)22;1-14(22)20-18-7-8-19-17(11-18)9-10-21(19)12-15-3-5-16(6-4-15)13-25(2,23)24/h3-13H,14H2,1-2H3,(H,22,26);2-6,8,10-12,19H,7,9,13H2,1H3,(H,22,25)(H,23,26);2-12H,13H2,1H3,(H,21,23)(H,22,25);2-10H,11-12H2,1H3,(H,23,25);3-11H,12-13H2,1-2H3,(H,20,22). The van der Waals surface area contributed by atoms with Crippen LogP contribution in [-0.4, -0.2) is 99.3 Å². The van der Waals surface area contributed by atoms with Crippen LogP contribution in [0.1, 0.15) is 98.0 Å². The van der Waals surface area contributed by atoms with Crippen molar-refractivity contribution in [1.82, 2.24) is 48.1 Å². The van der Waals surface area contributed by atoms with Gasteiger partial charge in [-0.15, -0.1) is 13.2 Å². The molecule has 1 aliphatic heterocycles. The van der Waals surface area contributed by atoms with Gasteiger partial charge in [-0.1, -0.05) is 121 Å². The number of sulfone groups is 1. The first-order chi connectivity index (χ1) is 61.4. The highest BCUT2D eigenvalue weighted by molar-refractivity contribution is 7.89. The summed E-state index contributed by atoms with van der Waals surface area (Å²) in [6.45, 7) is 10.6. The number of hydrogen-bond donors (Lipinski definition) is 7. The minimum Gasteiger partial charge on any atom is -0.349 e. The van der Waals surface area contributed by atoms with E-state index >= 15 is 0 Å². The van der Waals surface area contributed by atoms with Crippen LogP contribution in [0.5, 0.6) is 0 Å². The molecule has 28 heteroatoms. The number of carbonyl (C=O) groups is 6. The van der Waals surface area contributed by atoms with Gasteiger partial charge in [-0.3, -0.25) is 43.3 Å². The lowest BCUT2D eigenvalue weighted by atomic mass is 10.0. The number of ether oxygens (including phenoxy) is 1. The summed E-state index contributed by atoms with van der Waals surface area (Å²) in [6.07, 6.45) is 12.0. The fourth-order valence-electron chi connectivity index (χ4n) is 15.3. The number of carbonyl (C=O) groups excluding carboxylic acids is 6. The van der Waals surface area contributed by atoms with E-state index in [0.717, 1.165) is 154 Å². The average Bonchev–Trinajstić information content (AvgIpc) is 1.68. The first-order valence-electron chi connectivity index (χ1n) is 41.4. The average molecular weight is 1740 g/mol. The predicted molar refractivity (Wildman–Crippen MR) is 498 cm³/mol. The molecule has 24 nitrogen and oxygen atoms in total. The van der Waals surface area contributed by atoms with Crippen LogP contribution in [0.3, 0.4) is 0 Å². The van der Waals surface area contributed by atoms with Crippen LogP contribution in [-0.2, 0) is 95.5 Å². The molecule has 0 spiro atoms. The van der Waals surface area contributed by atoms with E-state index < -0.39 is 22.8 Å². The van der Waals surface area contributed by atoms with E-state index in [1.54, 1.807) is 30.5 Å². The maximum atomic E-state index is 12.1. The minimum absolute atomic E-state index is 0.0585. The molecule has 17 aromatic rings. The molecule has 0 aliphatic carbocycles. The molecule has 8 heterocycles. The number of hydrogen-bond acceptors (Lipinski definition) is 11. The lowest BCUT2D eigenvalue weighted by molar-refractivity contribution is -0.330. The number of amides is 6. The number of benzene rings is 10. The summed E-state index contributed by atoms with van der Waals surface area (Å²) in [7, 11) is -1.09. The molecule has 652 valence electrons. The SMILES string of the molecule is CC(=O)Nc1ccc2c(ccn2Cc2ccc(-c3ccn(C)n3)cc2)c1.CC(=O)Nc1ccc2c(ccn2Cc2ccc(-c3ccn[nH]3)cc2)c1.CC(=O)Nc1ccc2c(ccn2Cc2ccc(C3CCC(=O)N3)cc2)c1.CC(=O)Nc1ccc2c(ccn2Cc2ccc(COC(F)(F)F)cc2)c1.CC(=O)Nc1ccc2c(ccn2Cc2ccc(CS(C)(=O)=O)cc2)c1. The van der Waals surface area contributed by atoms with Gasteiger partial charge in [0.25, 0.3) is 0 Å². The number of fused-ring (bicyclic) bond motifs is 5. The van der Waals surface area contributed by atoms with Crippen LogP contribution in [0.2, 0.25) is 0 Å². The Bertz CT molecular complexity index is 6930. The lowest BCUT2D eigenvalue weighted by Crippen LogP contribution is -2.18. The summed E-state index contributed by atoms with van der Waals surface area (Å²) in [4.78, 5) is 67.3. The van der Waals surface area contributed by atoms with Gasteiger partial charge in [0.05, 0.1) is 29.8 Å². The van der Waals surface area contributed by atoms with Gasteiger partial charge in [-0.05, 0) is 190 Å². The van der Waals surface area contributed by atoms with Crippen LogP contribution >= 0.6 is 0 Å². The minimum atomic E-state index is -4.63. The third kappa shape index (κ3) is 24.7. The Morgan fingerprint density at radius 2 is 0.734 bits per heavy atom. The fraction of sp³-hybridized carbons (Fsp3) is 0.180. The van der Waals surface area contributed by atoms with Crippen LogP contribution in [0.25, 0.3) is 77.0 Å². The number of nitrogens with zero attached hydrogens (tertiary/aromatic N) is 8. The van der Waals surface area contributed by atoms with E-state index in [1.165, 1.54) is 57.6 Å². The fourth-order valence-corrected chi connectivity index (χ4v) is 16.1. The molecular formula is C100H96F3N15O9S. The molecule has 0 saturated carbocycles. The number of halogens is 3. The second-order valence-electron chi connectivity index (χ2n) is 31.6. The van der Waals surface area contributed by atoms with Crippen LogP contribution in [0.15, 0.2) is 298 Å². The molecule has 10 aromatic carbocycles. The summed E-state index contributed by atoms with van der Waals surface area (Å²) >= 11 is 0. The summed E-state index contributed by atoms with van der Waals surface area (Å²) in [6, 6.07) is 83.5. The van der Waals surface area contributed by atoms with E-state index in [4.69, 9.17) is 0 Å². The Morgan fingerprint density at radius 1 is 0.414 bits per heavy atom. The van der Waals surface area contributed by atoms with Crippen molar-refractivity contribution in [1.29, 1.82) is 0 Å². The summed E-state index contributed by atoms with van der Waals surface area (Å²) in [5.41, 5.74) is 21.9. The van der Waals surface area contributed by atoms with Gasteiger partial charge >= 0.3 is 6.36 Å². The number of nitrogens with one attached hydrogen (secondary N) is 7. The van der Waals surface area contributed by atoms with Crippen LogP contribution < -0.4 is 31.9 Å². The number of aryl methyl sites for hydroxylation is 1. The highest BCUT2D eigenvalue weighted by Crippen LogP contribution is 2.31. The monoisotopic (exact) mass is 1740 g/mol. The zero-order chi connectivity index (χ0) is 90.2. The number of aromatic amines is 1. The molecule has 7 aromatic heterocycles. The molecule has 1 saturated heterocycles. The van der Waals surface area contributed by atoms with Crippen molar-refractivity contribution >= 4 is 128 Å². The lowest BCUT2D eigenvalue weighted by Gasteiger charge is -2.12. The zero-order valence-electron chi connectivity index (χ0n) is 71.5. The molecule has 0 bridgehead atoms. The van der Waals surface area contributed by atoms with Crippen LogP contribution in [0, 0.1) is 0 Å². The molecule has 7 N–H and O–H groups in total. The van der Waals surface area contributed by atoms with Gasteiger partial charge < -0.3 is 54.7 Å². The van der Waals surface area contributed by atoms with Gasteiger partial charge in [0, 0.05) is 219 Å². The van der Waals surface area contributed by atoms with Gasteiger partial charge in [-0.2, -0.15) is 10.2 Å². The Labute approximate surface area is 737 Å². The smallest absolute Gasteiger partial charge is 0.349 e. The number of rotatable bonds is 22. The van der Waals surface area contributed by atoms with Gasteiger partial charge in [-0.25, -0.2) is 8.42 Å². The quantitative estimate of drug-likeness (QED) is 0.0335. The normalized spacial score (nSPS) is 12.4. The zero-order valence-corrected chi connectivity index (χ0v) is 72.3. The Kier molecular flexibility index (Phi) is 28.0. The molecule has 0 radical (unpaired) electrons. The van der Waals surface area contributed by atoms with E-state index in [1.807, 2.05) is 174 Å². The van der Waals surface area contributed by atoms with Gasteiger partial charge in [0.15, 0.2) is 9.84 Å². The molecule has 6 amide bonds. The number of alkyl halides is 3. The molecular weight excluding hydrogens is 1640 g/mol. The molecule has 18 rings (SSSR count). The van der Waals surface area contributed by atoms with Gasteiger partial charge in [0.1, 0.15) is 0 Å². The highest BCUT2D eigenvalue weighted by Gasteiger charge is 2.29. The summed E-state index contributed by atoms with van der Waals surface area (Å²) < 4.78 is 75.3. The van der Waals surface area contributed by atoms with Crippen molar-refractivity contribution in [2.75, 3.05) is 32.8 Å². The first kappa shape index (κ1) is 89.1. The number of anilines is 5. The predicted octanol–water partition coefficient (Wildman–Crippen LogP) is 19.6. The number of aromatic nitrogens is 9. The molecule has 1 fully saturated rings. The largest absolute Gasteiger partial charge is 0.522 e. The number of H-pyrrole nitrogens is 1. The second-order valence-corrected chi connectivity index (χ2v) is 33.7. The van der Waals surface area contributed by atoms with E-state index in [-0.39, 0.29) is 47.2 Å². The highest BCUT2D eigenvalue weighted by atomic mass is 32.2. The molecule has 128 heavy (non-hydrogen) atoms. The third-order valence-electron chi connectivity index (χ3n) is 21.2. The van der Waals surface area contributed by atoms with Crippen molar-refractivity contribution in [2.24, 2.45) is 7.05 Å². The van der Waals surface area contributed by atoms with Crippen molar-refractivity contribution in [3.63, 3.8) is 0 Å². The Balaban J connectivity index is 0.000000129. The Hall–Kier alpha value is -15.2. The molecule has 1 unspecified atom stereocenters. The maximum absolute atomic E-state index is 12.1. The molecule has 1 aliphatic rings. The summed E-state index contributed by atoms with van der Waals surface area (Å²) in [5.74, 6) is -0.204. The van der Waals surface area contributed by atoms with Crippen molar-refractivity contribution in [3.8, 4) is 22.5 Å². The maximum Gasteiger partial charge on any atom is 0.522 e. The topological polar surface area (TPSA) is 289 Å².